The standard InChI is InChI=1S/C22H30N4O3S2/c1-26-17(12-11-14-7-4-3-5-8-14)24-25-22(26)30-13-18(27)23-20-19(21(28)29-2)15-9-6-10-16(15)31-20/h14H,3-13H2,1-2H3,(H,23,27). The van der Waals surface area contributed by atoms with Crippen LogP contribution in [0, 0.1) is 5.92 Å². The van der Waals surface area contributed by atoms with E-state index >= 15 is 0 Å². The molecule has 0 radical (unpaired) electrons. The molecule has 0 unspecified atom stereocenters. The van der Waals surface area contributed by atoms with Gasteiger partial charge in [0.15, 0.2) is 5.16 Å². The van der Waals surface area contributed by atoms with Gasteiger partial charge in [-0.2, -0.15) is 0 Å². The number of carbonyl (C=O) groups is 2. The van der Waals surface area contributed by atoms with Gasteiger partial charge < -0.3 is 14.6 Å². The maximum absolute atomic E-state index is 12.6. The molecule has 2 aliphatic carbocycles. The number of nitrogens with one attached hydrogen (secondary N) is 1. The number of nitrogens with zero attached hydrogens (tertiary/aromatic N) is 3. The first kappa shape index (κ1) is 22.3. The van der Waals surface area contributed by atoms with Gasteiger partial charge in [0.2, 0.25) is 5.91 Å². The van der Waals surface area contributed by atoms with E-state index in [1.165, 1.54) is 67.2 Å². The van der Waals surface area contributed by atoms with Gasteiger partial charge >= 0.3 is 5.97 Å². The second kappa shape index (κ2) is 10.2. The summed E-state index contributed by atoms with van der Waals surface area (Å²) in [6.45, 7) is 0. The number of rotatable bonds is 8. The van der Waals surface area contributed by atoms with Gasteiger partial charge in [0.05, 0.1) is 18.4 Å². The van der Waals surface area contributed by atoms with Crippen LogP contribution in [0.2, 0.25) is 0 Å². The van der Waals surface area contributed by atoms with Gasteiger partial charge in [-0.25, -0.2) is 4.79 Å². The van der Waals surface area contributed by atoms with Gasteiger partial charge in [-0.3, -0.25) is 4.79 Å². The molecule has 4 rings (SSSR count). The molecule has 0 aliphatic heterocycles. The Morgan fingerprint density at radius 2 is 2.00 bits per heavy atom. The smallest absolute Gasteiger partial charge is 0.341 e. The summed E-state index contributed by atoms with van der Waals surface area (Å²) in [5.41, 5.74) is 1.57. The van der Waals surface area contributed by atoms with Crippen LogP contribution in [0.1, 0.15) is 71.6 Å². The van der Waals surface area contributed by atoms with Gasteiger partial charge in [-0.1, -0.05) is 43.9 Å². The molecule has 168 valence electrons. The van der Waals surface area contributed by atoms with Crippen molar-refractivity contribution >= 4 is 40.0 Å². The number of anilines is 1. The molecule has 9 heteroatoms. The lowest BCUT2D eigenvalue weighted by Gasteiger charge is -2.20. The van der Waals surface area contributed by atoms with E-state index in [0.717, 1.165) is 54.6 Å². The van der Waals surface area contributed by atoms with E-state index in [9.17, 15) is 9.59 Å². The van der Waals surface area contributed by atoms with E-state index in [1.54, 1.807) is 0 Å². The third kappa shape index (κ3) is 5.14. The Morgan fingerprint density at radius 1 is 1.19 bits per heavy atom. The van der Waals surface area contributed by atoms with Gasteiger partial charge in [-0.15, -0.1) is 21.5 Å². The van der Waals surface area contributed by atoms with Crippen molar-refractivity contribution in [3.8, 4) is 0 Å². The van der Waals surface area contributed by atoms with E-state index < -0.39 is 0 Å². The summed E-state index contributed by atoms with van der Waals surface area (Å²) < 4.78 is 6.95. The zero-order chi connectivity index (χ0) is 21.8. The second-order valence-electron chi connectivity index (χ2n) is 8.39. The van der Waals surface area contributed by atoms with Gasteiger partial charge in [0.25, 0.3) is 0 Å². The molecule has 2 aliphatic rings. The summed E-state index contributed by atoms with van der Waals surface area (Å²) in [5.74, 6) is 1.48. The molecule has 7 nitrogen and oxygen atoms in total. The van der Waals surface area contributed by atoms with Crippen LogP contribution < -0.4 is 5.32 Å². The fourth-order valence-electron chi connectivity index (χ4n) is 4.60. The summed E-state index contributed by atoms with van der Waals surface area (Å²) in [4.78, 5) is 26.0. The second-order valence-corrected chi connectivity index (χ2v) is 10.4. The number of esters is 1. The summed E-state index contributed by atoms with van der Waals surface area (Å²) in [5, 5.41) is 12.9. The Kier molecular flexibility index (Phi) is 7.32. The molecule has 0 aromatic carbocycles. The summed E-state index contributed by atoms with van der Waals surface area (Å²) in [6.07, 6.45) is 11.7. The van der Waals surface area contributed by atoms with Crippen molar-refractivity contribution in [3.05, 3.63) is 21.8 Å². The van der Waals surface area contributed by atoms with Gasteiger partial charge in [-0.05, 0) is 37.2 Å². The molecule has 31 heavy (non-hydrogen) atoms. The van der Waals surface area contributed by atoms with Gasteiger partial charge in [0, 0.05) is 18.3 Å². The maximum atomic E-state index is 12.6. The minimum atomic E-state index is -0.377. The molecule has 1 N–H and O–H groups in total. The lowest BCUT2D eigenvalue weighted by molar-refractivity contribution is -0.113. The van der Waals surface area contributed by atoms with E-state index in [-0.39, 0.29) is 17.6 Å². The third-order valence-electron chi connectivity index (χ3n) is 6.32. The van der Waals surface area contributed by atoms with Crippen molar-refractivity contribution in [2.75, 3.05) is 18.2 Å². The van der Waals surface area contributed by atoms with Crippen LogP contribution in [0.5, 0.6) is 0 Å². The molecule has 2 aromatic heterocycles. The first-order valence-corrected chi connectivity index (χ1v) is 12.9. The van der Waals surface area contributed by atoms with Crippen LogP contribution >= 0.6 is 23.1 Å². The quantitative estimate of drug-likeness (QED) is 0.462. The summed E-state index contributed by atoms with van der Waals surface area (Å²) >= 11 is 2.87. The number of thioether (sulfide) groups is 1. The van der Waals surface area contributed by atoms with Gasteiger partial charge in [0.1, 0.15) is 10.8 Å². The lowest BCUT2D eigenvalue weighted by Crippen LogP contribution is -2.16. The lowest BCUT2D eigenvalue weighted by atomic mass is 9.86. The molecule has 0 bridgehead atoms. The topological polar surface area (TPSA) is 86.1 Å². The number of amides is 1. The van der Waals surface area contributed by atoms with Crippen molar-refractivity contribution in [2.24, 2.45) is 13.0 Å². The molecule has 0 atom stereocenters. The molecular weight excluding hydrogens is 432 g/mol. The average Bonchev–Trinajstić information content (AvgIpc) is 3.46. The molecule has 1 fully saturated rings. The number of methoxy groups -OCH3 is 1. The van der Waals surface area contributed by atoms with E-state index in [0.29, 0.717) is 10.6 Å². The van der Waals surface area contributed by atoms with Crippen LogP contribution in [-0.4, -0.2) is 39.5 Å². The Bertz CT molecular complexity index is 947. The first-order chi connectivity index (χ1) is 15.1. The zero-order valence-electron chi connectivity index (χ0n) is 18.2. The van der Waals surface area contributed by atoms with Crippen molar-refractivity contribution in [1.82, 2.24) is 14.8 Å². The fraction of sp³-hybridized carbons (Fsp3) is 0.636. The Labute approximate surface area is 191 Å². The average molecular weight is 463 g/mol. The van der Waals surface area contributed by atoms with E-state index in [2.05, 4.69) is 15.5 Å². The number of thiophene rings is 1. The minimum absolute atomic E-state index is 0.151. The molecule has 2 heterocycles. The van der Waals surface area contributed by atoms with E-state index in [1.807, 2.05) is 11.6 Å². The monoisotopic (exact) mass is 462 g/mol. The Balaban J connectivity index is 1.32. The van der Waals surface area contributed by atoms with Crippen LogP contribution in [0.3, 0.4) is 0 Å². The molecule has 2 aromatic rings. The van der Waals surface area contributed by atoms with Crippen LogP contribution in [0.4, 0.5) is 5.00 Å². The number of carbonyl (C=O) groups excluding carboxylic acids is 2. The Morgan fingerprint density at radius 3 is 2.77 bits per heavy atom. The predicted octanol–water partition coefficient (Wildman–Crippen LogP) is 4.40. The summed E-state index contributed by atoms with van der Waals surface area (Å²) in [6, 6.07) is 0. The number of ether oxygens (including phenoxy) is 1. The van der Waals surface area contributed by atoms with E-state index in [4.69, 9.17) is 4.74 Å². The normalized spacial score (nSPS) is 16.3. The predicted molar refractivity (Wildman–Crippen MR) is 123 cm³/mol. The van der Waals surface area contributed by atoms with Crippen molar-refractivity contribution in [3.63, 3.8) is 0 Å². The minimum Gasteiger partial charge on any atom is -0.465 e. The number of hydrogen-bond acceptors (Lipinski definition) is 7. The molecule has 0 saturated heterocycles. The SMILES string of the molecule is COC(=O)c1c(NC(=O)CSc2nnc(CCC3CCCCC3)n2C)sc2c1CCC2. The Hall–Kier alpha value is -1.87. The first-order valence-electron chi connectivity index (χ1n) is 11.1. The van der Waals surface area contributed by atoms with Crippen molar-refractivity contribution in [1.29, 1.82) is 0 Å². The number of aryl methyl sites for hydroxylation is 2. The number of fused-ring (bicyclic) bond motifs is 1. The molecule has 1 saturated carbocycles. The molecule has 1 amide bonds. The maximum Gasteiger partial charge on any atom is 0.341 e. The zero-order valence-corrected chi connectivity index (χ0v) is 19.9. The fourth-order valence-corrected chi connectivity index (χ4v) is 6.62. The highest BCUT2D eigenvalue weighted by molar-refractivity contribution is 7.99. The number of hydrogen-bond donors (Lipinski definition) is 1. The highest BCUT2D eigenvalue weighted by Crippen LogP contribution is 2.39. The molecule has 0 spiro atoms. The van der Waals surface area contributed by atoms with Crippen molar-refractivity contribution < 1.29 is 14.3 Å². The highest BCUT2D eigenvalue weighted by atomic mass is 32.2. The number of aromatic nitrogens is 3. The van der Waals surface area contributed by atoms with Crippen LogP contribution in [0.15, 0.2) is 5.16 Å². The highest BCUT2D eigenvalue weighted by Gasteiger charge is 2.28. The largest absolute Gasteiger partial charge is 0.465 e. The van der Waals surface area contributed by atoms with Crippen LogP contribution in [0.25, 0.3) is 0 Å². The third-order valence-corrected chi connectivity index (χ3v) is 8.55. The molecular formula is C22H30N4O3S2. The summed E-state index contributed by atoms with van der Waals surface area (Å²) in [7, 11) is 3.35. The van der Waals surface area contributed by atoms with Crippen LogP contribution in [-0.2, 0) is 35.8 Å². The van der Waals surface area contributed by atoms with Crippen molar-refractivity contribution in [2.45, 2.75) is 69.4 Å².